The zero-order chi connectivity index (χ0) is 16.8. The maximum atomic E-state index is 6.17. The molecular formula is C17H26BNO4. The second-order valence-electron chi connectivity index (χ2n) is 7.53. The Bertz CT molecular complexity index is 585. The number of hydrogen-bond acceptors (Lipinski definition) is 5. The van der Waals surface area contributed by atoms with Gasteiger partial charge in [-0.3, -0.25) is 0 Å². The van der Waals surface area contributed by atoms with Gasteiger partial charge in [-0.15, -0.1) is 0 Å². The first kappa shape index (κ1) is 16.6. The normalized spacial score (nSPS) is 21.8. The Hall–Kier alpha value is -1.24. The summed E-state index contributed by atoms with van der Waals surface area (Å²) in [6.07, 6.45) is 0. The molecule has 0 N–H and O–H groups in total. The van der Waals surface area contributed by atoms with E-state index in [-0.39, 0.29) is 11.2 Å². The summed E-state index contributed by atoms with van der Waals surface area (Å²) in [5, 5.41) is 0. The smallest absolute Gasteiger partial charge is 0.486 e. The highest BCUT2D eigenvalue weighted by Gasteiger charge is 2.52. The molecule has 0 aliphatic carbocycles. The molecule has 126 valence electrons. The first-order valence-electron chi connectivity index (χ1n) is 8.12. The van der Waals surface area contributed by atoms with Gasteiger partial charge in [-0.25, -0.2) is 0 Å². The van der Waals surface area contributed by atoms with Crippen molar-refractivity contribution in [2.75, 3.05) is 27.3 Å². The Morgan fingerprint density at radius 3 is 2.22 bits per heavy atom. The molecule has 0 bridgehead atoms. The SMILES string of the molecule is CN(C)Cc1cc(B2OC(C)(C)C(C)(C)O2)cc2c1OCCO2. The van der Waals surface area contributed by atoms with E-state index in [1.165, 1.54) is 0 Å². The van der Waals surface area contributed by atoms with E-state index in [9.17, 15) is 0 Å². The molecule has 2 aliphatic rings. The third-order valence-corrected chi connectivity index (χ3v) is 4.75. The molecule has 6 heteroatoms. The third kappa shape index (κ3) is 3.07. The highest BCUT2D eigenvalue weighted by Crippen LogP contribution is 2.38. The molecule has 0 aromatic heterocycles. The van der Waals surface area contributed by atoms with Crippen LogP contribution in [-0.2, 0) is 15.9 Å². The summed E-state index contributed by atoms with van der Waals surface area (Å²) in [4.78, 5) is 2.11. The molecule has 0 amide bonds. The van der Waals surface area contributed by atoms with E-state index in [1.54, 1.807) is 0 Å². The molecule has 0 saturated carbocycles. The number of hydrogen-bond donors (Lipinski definition) is 0. The van der Waals surface area contributed by atoms with Gasteiger partial charge in [0.2, 0.25) is 0 Å². The van der Waals surface area contributed by atoms with Crippen molar-refractivity contribution in [3.63, 3.8) is 0 Å². The maximum Gasteiger partial charge on any atom is 0.494 e. The van der Waals surface area contributed by atoms with Crippen molar-refractivity contribution in [2.24, 2.45) is 0 Å². The molecular weight excluding hydrogens is 293 g/mol. The van der Waals surface area contributed by atoms with Crippen LogP contribution in [0.5, 0.6) is 11.5 Å². The van der Waals surface area contributed by atoms with Gasteiger partial charge in [0.1, 0.15) is 13.2 Å². The Morgan fingerprint density at radius 2 is 1.61 bits per heavy atom. The van der Waals surface area contributed by atoms with Gasteiger partial charge >= 0.3 is 7.12 Å². The average molecular weight is 319 g/mol. The standard InChI is InChI=1S/C17H26BNO4/c1-16(2)17(3,4)23-18(22-16)13-9-12(11-19(5)6)15-14(10-13)20-7-8-21-15/h9-10H,7-8,11H2,1-6H3. The molecule has 23 heavy (non-hydrogen) atoms. The molecule has 0 unspecified atom stereocenters. The highest BCUT2D eigenvalue weighted by atomic mass is 16.7. The molecule has 2 heterocycles. The van der Waals surface area contributed by atoms with E-state index in [1.807, 2.05) is 20.2 Å². The van der Waals surface area contributed by atoms with E-state index in [4.69, 9.17) is 18.8 Å². The molecule has 0 spiro atoms. The lowest BCUT2D eigenvalue weighted by atomic mass is 9.78. The Kier molecular flexibility index (Phi) is 4.11. The van der Waals surface area contributed by atoms with Crippen LogP contribution in [0.15, 0.2) is 12.1 Å². The predicted octanol–water partition coefficient (Wildman–Crippen LogP) is 1.82. The highest BCUT2D eigenvalue weighted by molar-refractivity contribution is 6.62. The monoisotopic (exact) mass is 319 g/mol. The largest absolute Gasteiger partial charge is 0.494 e. The van der Waals surface area contributed by atoms with Gasteiger partial charge in [-0.1, -0.05) is 6.07 Å². The molecule has 1 aromatic carbocycles. The van der Waals surface area contributed by atoms with Crippen LogP contribution >= 0.6 is 0 Å². The number of fused-ring (bicyclic) bond motifs is 1. The molecule has 1 fully saturated rings. The van der Waals surface area contributed by atoms with Crippen LogP contribution in [-0.4, -0.2) is 50.5 Å². The lowest BCUT2D eigenvalue weighted by Gasteiger charge is -2.32. The quantitative estimate of drug-likeness (QED) is 0.795. The maximum absolute atomic E-state index is 6.17. The summed E-state index contributed by atoms with van der Waals surface area (Å²) in [6.45, 7) is 10.2. The van der Waals surface area contributed by atoms with Gasteiger partial charge in [0.25, 0.3) is 0 Å². The van der Waals surface area contributed by atoms with E-state index in [2.05, 4.69) is 38.7 Å². The van der Waals surface area contributed by atoms with Crippen LogP contribution in [0.25, 0.3) is 0 Å². The summed E-state index contributed by atoms with van der Waals surface area (Å²) < 4.78 is 24.0. The molecule has 1 saturated heterocycles. The fourth-order valence-electron chi connectivity index (χ4n) is 2.82. The summed E-state index contributed by atoms with van der Waals surface area (Å²) in [5.74, 6) is 1.62. The number of benzene rings is 1. The summed E-state index contributed by atoms with van der Waals surface area (Å²) in [7, 11) is 3.69. The fourth-order valence-corrected chi connectivity index (χ4v) is 2.82. The van der Waals surface area contributed by atoms with Crippen LogP contribution in [0.2, 0.25) is 0 Å². The molecule has 0 atom stereocenters. The van der Waals surface area contributed by atoms with Gasteiger partial charge in [-0.05, 0) is 53.3 Å². The number of rotatable bonds is 3. The zero-order valence-electron chi connectivity index (χ0n) is 14.9. The first-order chi connectivity index (χ1) is 10.7. The van der Waals surface area contributed by atoms with Crippen LogP contribution in [0.3, 0.4) is 0 Å². The second kappa shape index (κ2) is 5.69. The van der Waals surface area contributed by atoms with Crippen molar-refractivity contribution in [2.45, 2.75) is 45.4 Å². The van der Waals surface area contributed by atoms with Crippen LogP contribution in [0, 0.1) is 0 Å². The number of ether oxygens (including phenoxy) is 2. The van der Waals surface area contributed by atoms with Crippen LogP contribution < -0.4 is 14.9 Å². The van der Waals surface area contributed by atoms with E-state index in [0.717, 1.165) is 29.1 Å². The van der Waals surface area contributed by atoms with Crippen molar-refractivity contribution < 1.29 is 18.8 Å². The molecule has 3 rings (SSSR count). The van der Waals surface area contributed by atoms with Gasteiger partial charge < -0.3 is 23.7 Å². The Labute approximate surface area is 139 Å². The molecule has 5 nitrogen and oxygen atoms in total. The van der Waals surface area contributed by atoms with Crippen LogP contribution in [0.1, 0.15) is 33.3 Å². The van der Waals surface area contributed by atoms with Gasteiger partial charge in [0, 0.05) is 12.1 Å². The molecule has 0 radical (unpaired) electrons. The first-order valence-corrected chi connectivity index (χ1v) is 8.12. The summed E-state index contributed by atoms with van der Waals surface area (Å²) in [6, 6.07) is 4.09. The topological polar surface area (TPSA) is 40.2 Å². The van der Waals surface area contributed by atoms with E-state index < -0.39 is 7.12 Å². The molecule has 1 aromatic rings. The zero-order valence-corrected chi connectivity index (χ0v) is 14.9. The molecule has 2 aliphatic heterocycles. The lowest BCUT2D eigenvalue weighted by Crippen LogP contribution is -2.41. The van der Waals surface area contributed by atoms with Gasteiger partial charge in [0.05, 0.1) is 11.2 Å². The minimum atomic E-state index is -0.392. The van der Waals surface area contributed by atoms with Gasteiger partial charge in [-0.2, -0.15) is 0 Å². The van der Waals surface area contributed by atoms with E-state index >= 15 is 0 Å². The van der Waals surface area contributed by atoms with Gasteiger partial charge in [0.15, 0.2) is 11.5 Å². The lowest BCUT2D eigenvalue weighted by molar-refractivity contribution is 0.00578. The third-order valence-electron chi connectivity index (χ3n) is 4.75. The average Bonchev–Trinajstić information content (AvgIpc) is 2.67. The van der Waals surface area contributed by atoms with Crippen LogP contribution in [0.4, 0.5) is 0 Å². The summed E-state index contributed by atoms with van der Waals surface area (Å²) >= 11 is 0. The van der Waals surface area contributed by atoms with Crippen molar-refractivity contribution in [1.29, 1.82) is 0 Å². The minimum absolute atomic E-state index is 0.355. The van der Waals surface area contributed by atoms with Crippen molar-refractivity contribution >= 4 is 12.6 Å². The Morgan fingerprint density at radius 1 is 1.00 bits per heavy atom. The summed E-state index contributed by atoms with van der Waals surface area (Å²) in [5.41, 5.74) is 1.36. The van der Waals surface area contributed by atoms with Crippen molar-refractivity contribution in [3.8, 4) is 11.5 Å². The van der Waals surface area contributed by atoms with Crippen molar-refractivity contribution in [3.05, 3.63) is 17.7 Å². The Balaban J connectivity index is 1.97. The van der Waals surface area contributed by atoms with Crippen molar-refractivity contribution in [1.82, 2.24) is 4.90 Å². The predicted molar refractivity (Wildman–Crippen MR) is 90.5 cm³/mol. The minimum Gasteiger partial charge on any atom is -0.486 e. The number of nitrogens with zero attached hydrogens (tertiary/aromatic N) is 1. The fraction of sp³-hybridized carbons (Fsp3) is 0.647. The van der Waals surface area contributed by atoms with E-state index in [0.29, 0.717) is 13.2 Å². The second-order valence-corrected chi connectivity index (χ2v) is 7.53.